The van der Waals surface area contributed by atoms with Crippen LogP contribution in [0.1, 0.15) is 34.9 Å². The number of nitrogens with two attached hydrogens (primary N) is 1. The van der Waals surface area contributed by atoms with Gasteiger partial charge < -0.3 is 30.3 Å². The number of fused-ring (bicyclic) bond motifs is 1. The number of carbonyl (C=O) groups excluding carboxylic acids is 2. The van der Waals surface area contributed by atoms with Crippen molar-refractivity contribution < 1.29 is 36.7 Å². The highest BCUT2D eigenvalue weighted by Crippen LogP contribution is 2.37. The summed E-state index contributed by atoms with van der Waals surface area (Å²) in [6.45, 7) is 1.84. The van der Waals surface area contributed by atoms with Crippen molar-refractivity contribution in [2.24, 2.45) is 5.73 Å². The minimum absolute atomic E-state index is 0.0427. The van der Waals surface area contributed by atoms with Gasteiger partial charge in [-0.2, -0.15) is 13.2 Å². The van der Waals surface area contributed by atoms with Gasteiger partial charge in [0.15, 0.2) is 11.5 Å². The zero-order valence-electron chi connectivity index (χ0n) is 19.2. The van der Waals surface area contributed by atoms with Gasteiger partial charge in [0, 0.05) is 24.6 Å². The Morgan fingerprint density at radius 2 is 1.89 bits per heavy atom. The van der Waals surface area contributed by atoms with Gasteiger partial charge in [-0.25, -0.2) is 9.97 Å². The second-order valence-corrected chi connectivity index (χ2v) is 7.45. The Hall–Kier alpha value is -3.71. The van der Waals surface area contributed by atoms with Crippen LogP contribution in [0.15, 0.2) is 28.7 Å². The number of pyridine rings is 1. The number of methoxy groups -OCH3 is 2. The molecule has 0 bridgehead atoms. The first kappa shape index (κ1) is 25.9. The Balaban J connectivity index is 1.97. The van der Waals surface area contributed by atoms with Crippen LogP contribution in [0.2, 0.25) is 0 Å². The molecule has 1 aromatic carbocycles. The normalized spacial score (nSPS) is 12.4. The third-order valence-electron chi connectivity index (χ3n) is 4.88. The van der Waals surface area contributed by atoms with Gasteiger partial charge >= 0.3 is 6.18 Å². The Bertz CT molecular complexity index is 1230. The van der Waals surface area contributed by atoms with Gasteiger partial charge in [0.2, 0.25) is 11.8 Å². The highest BCUT2D eigenvalue weighted by Gasteiger charge is 2.33. The van der Waals surface area contributed by atoms with Gasteiger partial charge in [0.05, 0.1) is 26.3 Å². The van der Waals surface area contributed by atoms with Crippen LogP contribution < -0.4 is 21.1 Å². The summed E-state index contributed by atoms with van der Waals surface area (Å²) in [7, 11) is 2.80. The maximum Gasteiger partial charge on any atom is 0.433 e. The molecule has 188 valence electrons. The highest BCUT2D eigenvalue weighted by atomic mass is 19.4. The Kier molecular flexibility index (Phi) is 7.92. The largest absolute Gasteiger partial charge is 0.494 e. The van der Waals surface area contributed by atoms with Crippen LogP contribution in [0.4, 0.5) is 13.2 Å². The zero-order chi connectivity index (χ0) is 25.8. The van der Waals surface area contributed by atoms with E-state index in [0.29, 0.717) is 6.61 Å². The van der Waals surface area contributed by atoms with Gasteiger partial charge in [-0.3, -0.25) is 9.59 Å². The lowest BCUT2D eigenvalue weighted by Gasteiger charge is -2.11. The van der Waals surface area contributed by atoms with Crippen LogP contribution >= 0.6 is 0 Å². The third-order valence-corrected chi connectivity index (χ3v) is 4.88. The predicted octanol–water partition coefficient (Wildman–Crippen LogP) is 2.43. The molecule has 13 heteroatoms. The maximum absolute atomic E-state index is 13.2. The summed E-state index contributed by atoms with van der Waals surface area (Å²) in [5.74, 6) is -1.03. The minimum Gasteiger partial charge on any atom is -0.494 e. The molecule has 0 fully saturated rings. The topological polar surface area (TPSA) is 142 Å². The molecule has 0 unspecified atom stereocenters. The van der Waals surface area contributed by atoms with Crippen molar-refractivity contribution in [2.75, 3.05) is 33.9 Å². The summed E-state index contributed by atoms with van der Waals surface area (Å²) in [5, 5.41) is 5.26. The number of amides is 2. The molecule has 1 atom stereocenters. The Morgan fingerprint density at radius 3 is 2.51 bits per heavy atom. The number of rotatable bonds is 9. The third kappa shape index (κ3) is 5.87. The fourth-order valence-electron chi connectivity index (χ4n) is 3.22. The highest BCUT2D eigenvalue weighted by molar-refractivity contribution is 5.99. The van der Waals surface area contributed by atoms with Gasteiger partial charge in [0.1, 0.15) is 17.0 Å². The minimum atomic E-state index is -4.65. The van der Waals surface area contributed by atoms with E-state index in [4.69, 9.17) is 19.6 Å². The lowest BCUT2D eigenvalue weighted by molar-refractivity contribution is -0.141. The molecule has 0 aliphatic heterocycles. The number of aromatic nitrogens is 2. The van der Waals surface area contributed by atoms with E-state index in [-0.39, 0.29) is 52.7 Å². The molecule has 3 aromatic rings. The maximum atomic E-state index is 13.2. The summed E-state index contributed by atoms with van der Waals surface area (Å²) in [5.41, 5.74) is 4.92. The molecule has 0 spiro atoms. The molecule has 0 saturated heterocycles. The molecule has 2 aromatic heterocycles. The lowest BCUT2D eigenvalue weighted by Crippen LogP contribution is -2.38. The Labute approximate surface area is 198 Å². The molecular weight excluding hydrogens is 471 g/mol. The summed E-state index contributed by atoms with van der Waals surface area (Å²) in [4.78, 5) is 32.5. The molecule has 2 amide bonds. The van der Waals surface area contributed by atoms with E-state index in [1.807, 2.05) is 0 Å². The molecule has 0 aliphatic rings. The summed E-state index contributed by atoms with van der Waals surface area (Å²) in [6, 6.07) is 4.26. The number of nitrogens with zero attached hydrogens (tertiary/aromatic N) is 2. The first-order valence-electron chi connectivity index (χ1n) is 10.4. The van der Waals surface area contributed by atoms with Gasteiger partial charge in [-0.15, -0.1) is 0 Å². The molecule has 0 aliphatic carbocycles. The van der Waals surface area contributed by atoms with E-state index in [9.17, 15) is 22.8 Å². The number of carbonyl (C=O) groups is 2. The van der Waals surface area contributed by atoms with Crippen molar-refractivity contribution in [1.29, 1.82) is 0 Å². The van der Waals surface area contributed by atoms with E-state index < -0.39 is 29.7 Å². The number of ether oxygens (including phenoxy) is 2. The van der Waals surface area contributed by atoms with Crippen molar-refractivity contribution in [3.63, 3.8) is 0 Å². The standard InChI is InChI=1S/C22H24F3N5O5/c1-11(26)19-18(20(32)28-10-16(31)27-8-9-33-2)30-21(35-19)13-4-6-14(34-3)17-12(13)5-7-15(29-17)22(23,24)25/h4-7,11H,8-10,26H2,1-3H3,(H,27,31)(H,28,32)/t11-/m0/s1. The molecule has 0 saturated carbocycles. The quantitative estimate of drug-likeness (QED) is 0.385. The monoisotopic (exact) mass is 495 g/mol. The number of halogens is 3. The summed E-state index contributed by atoms with van der Waals surface area (Å²) < 4.78 is 55.3. The molecule has 2 heterocycles. The molecule has 4 N–H and O–H groups in total. The predicted molar refractivity (Wildman–Crippen MR) is 119 cm³/mol. The van der Waals surface area contributed by atoms with Crippen molar-refractivity contribution in [2.45, 2.75) is 19.1 Å². The van der Waals surface area contributed by atoms with Crippen LogP contribution in [-0.4, -0.2) is 55.7 Å². The van der Waals surface area contributed by atoms with Gasteiger partial charge in [-0.05, 0) is 31.2 Å². The fourth-order valence-corrected chi connectivity index (χ4v) is 3.22. The summed E-state index contributed by atoms with van der Waals surface area (Å²) in [6.07, 6.45) is -4.65. The number of nitrogens with one attached hydrogen (secondary N) is 2. The second kappa shape index (κ2) is 10.7. The van der Waals surface area contributed by atoms with E-state index in [1.54, 1.807) is 6.92 Å². The van der Waals surface area contributed by atoms with Crippen molar-refractivity contribution in [3.05, 3.63) is 41.4 Å². The van der Waals surface area contributed by atoms with Crippen LogP contribution in [0.25, 0.3) is 22.4 Å². The van der Waals surface area contributed by atoms with Crippen molar-refractivity contribution in [3.8, 4) is 17.2 Å². The van der Waals surface area contributed by atoms with E-state index in [2.05, 4.69) is 20.6 Å². The zero-order valence-corrected chi connectivity index (χ0v) is 19.2. The number of oxazole rings is 1. The summed E-state index contributed by atoms with van der Waals surface area (Å²) >= 11 is 0. The average Bonchev–Trinajstić information content (AvgIpc) is 3.27. The van der Waals surface area contributed by atoms with Gasteiger partial charge in [0.25, 0.3) is 5.91 Å². The SMILES string of the molecule is COCCNC(=O)CNC(=O)c1nc(-c2ccc(OC)c3nc(C(F)(F)F)ccc23)oc1[C@H](C)N. The first-order valence-corrected chi connectivity index (χ1v) is 10.4. The molecular formula is C22H24F3N5O5. The van der Waals surface area contributed by atoms with Crippen LogP contribution in [0.3, 0.4) is 0 Å². The number of hydrogen-bond acceptors (Lipinski definition) is 8. The lowest BCUT2D eigenvalue weighted by atomic mass is 10.1. The Morgan fingerprint density at radius 1 is 1.14 bits per heavy atom. The fraction of sp³-hybridized carbons (Fsp3) is 0.364. The van der Waals surface area contributed by atoms with Crippen LogP contribution in [-0.2, 0) is 15.7 Å². The first-order chi connectivity index (χ1) is 16.6. The molecule has 3 rings (SSSR count). The number of benzene rings is 1. The molecule has 0 radical (unpaired) electrons. The molecule has 10 nitrogen and oxygen atoms in total. The smallest absolute Gasteiger partial charge is 0.433 e. The average molecular weight is 495 g/mol. The van der Waals surface area contributed by atoms with Crippen LogP contribution in [0, 0.1) is 0 Å². The van der Waals surface area contributed by atoms with Gasteiger partial charge in [-0.1, -0.05) is 0 Å². The van der Waals surface area contributed by atoms with Crippen molar-refractivity contribution in [1.82, 2.24) is 20.6 Å². The number of alkyl halides is 3. The number of hydrogen-bond donors (Lipinski definition) is 3. The second-order valence-electron chi connectivity index (χ2n) is 7.45. The van der Waals surface area contributed by atoms with Crippen molar-refractivity contribution >= 4 is 22.7 Å². The van der Waals surface area contributed by atoms with Crippen LogP contribution in [0.5, 0.6) is 5.75 Å². The molecule has 35 heavy (non-hydrogen) atoms. The van der Waals surface area contributed by atoms with E-state index in [0.717, 1.165) is 6.07 Å². The van der Waals surface area contributed by atoms with E-state index in [1.165, 1.54) is 32.4 Å². The van der Waals surface area contributed by atoms with E-state index >= 15 is 0 Å².